The fraction of sp³-hybridized carbons (Fsp3) is 0.538. The Kier molecular flexibility index (Phi) is 4.71. The minimum absolute atomic E-state index is 0.0166. The van der Waals surface area contributed by atoms with E-state index in [1.165, 1.54) is 6.07 Å². The van der Waals surface area contributed by atoms with Crippen molar-refractivity contribution in [2.24, 2.45) is 5.92 Å². The van der Waals surface area contributed by atoms with Crippen LogP contribution in [0.5, 0.6) is 5.75 Å². The van der Waals surface area contributed by atoms with Crippen LogP contribution in [0, 0.1) is 11.7 Å². The Morgan fingerprint density at radius 3 is 2.89 bits per heavy atom. The highest BCUT2D eigenvalue weighted by atomic mass is 35.5. The Morgan fingerprint density at radius 2 is 2.28 bits per heavy atom. The quantitative estimate of drug-likeness (QED) is 0.850. The van der Waals surface area contributed by atoms with Crippen LogP contribution in [0.4, 0.5) is 4.39 Å². The normalized spacial score (nSPS) is 21.0. The molecule has 2 atom stereocenters. The number of hydrogen-bond acceptors (Lipinski definition) is 2. The van der Waals surface area contributed by atoms with Crippen molar-refractivity contribution in [3.8, 4) is 5.75 Å². The maximum absolute atomic E-state index is 13.6. The van der Waals surface area contributed by atoms with Gasteiger partial charge in [0.1, 0.15) is 16.9 Å². The van der Waals surface area contributed by atoms with E-state index >= 15 is 0 Å². The largest absolute Gasteiger partial charge is 0.488 e. The topological polar surface area (TPSA) is 21.3 Å². The standard InChI is InChI=1S/C13H16Cl2FNO/c1-2-10(8-5-6-17-7-8)18-11-4-3-9(14)13(16)12(11)15/h3-4,8,10,17H,2,5-7H2,1H3/t8?,10-/m0/s1. The molecule has 0 radical (unpaired) electrons. The molecule has 100 valence electrons. The molecule has 1 aromatic carbocycles. The lowest BCUT2D eigenvalue weighted by Crippen LogP contribution is -2.28. The molecule has 5 heteroatoms. The zero-order valence-electron chi connectivity index (χ0n) is 10.2. The van der Waals surface area contributed by atoms with Crippen molar-refractivity contribution in [1.82, 2.24) is 5.32 Å². The van der Waals surface area contributed by atoms with Crippen molar-refractivity contribution in [1.29, 1.82) is 0 Å². The summed E-state index contributed by atoms with van der Waals surface area (Å²) in [5.41, 5.74) is 0. The first-order chi connectivity index (χ1) is 8.63. The van der Waals surface area contributed by atoms with E-state index in [1.54, 1.807) is 6.07 Å². The first-order valence-corrected chi connectivity index (χ1v) is 6.90. The molecule has 2 rings (SSSR count). The number of benzene rings is 1. The molecule has 2 nitrogen and oxygen atoms in total. The molecule has 1 saturated heterocycles. The van der Waals surface area contributed by atoms with Gasteiger partial charge >= 0.3 is 0 Å². The van der Waals surface area contributed by atoms with Gasteiger partial charge in [0, 0.05) is 12.5 Å². The summed E-state index contributed by atoms with van der Waals surface area (Å²) in [7, 11) is 0. The number of nitrogens with one attached hydrogen (secondary N) is 1. The van der Waals surface area contributed by atoms with Gasteiger partial charge in [-0.05, 0) is 31.5 Å². The highest BCUT2D eigenvalue weighted by Crippen LogP contribution is 2.34. The average Bonchev–Trinajstić information content (AvgIpc) is 2.89. The molecule has 1 N–H and O–H groups in total. The van der Waals surface area contributed by atoms with Gasteiger partial charge in [0.25, 0.3) is 0 Å². The molecule has 0 bridgehead atoms. The van der Waals surface area contributed by atoms with Gasteiger partial charge in [0.15, 0.2) is 5.82 Å². The molecule has 1 aromatic rings. The number of rotatable bonds is 4. The molecule has 1 unspecified atom stereocenters. The van der Waals surface area contributed by atoms with E-state index in [2.05, 4.69) is 12.2 Å². The van der Waals surface area contributed by atoms with Crippen LogP contribution in [0.25, 0.3) is 0 Å². The Bertz CT molecular complexity index is 422. The zero-order chi connectivity index (χ0) is 13.1. The summed E-state index contributed by atoms with van der Waals surface area (Å²) >= 11 is 11.6. The monoisotopic (exact) mass is 291 g/mol. The first-order valence-electron chi connectivity index (χ1n) is 6.14. The smallest absolute Gasteiger partial charge is 0.164 e. The van der Waals surface area contributed by atoms with Crippen LogP contribution in [-0.4, -0.2) is 19.2 Å². The molecule has 1 aliphatic heterocycles. The summed E-state index contributed by atoms with van der Waals surface area (Å²) in [5, 5.41) is 3.28. The summed E-state index contributed by atoms with van der Waals surface area (Å²) in [6.07, 6.45) is 2.00. The van der Waals surface area contributed by atoms with Crippen LogP contribution in [0.15, 0.2) is 12.1 Å². The van der Waals surface area contributed by atoms with Crippen LogP contribution in [0.1, 0.15) is 19.8 Å². The summed E-state index contributed by atoms with van der Waals surface area (Å²) in [5.74, 6) is 0.206. The van der Waals surface area contributed by atoms with Crippen molar-refractivity contribution < 1.29 is 9.13 Å². The minimum atomic E-state index is -0.616. The Labute approximate surface area is 116 Å². The molecule has 1 fully saturated rings. The fourth-order valence-electron chi connectivity index (χ4n) is 2.27. The molecular weight excluding hydrogens is 276 g/mol. The van der Waals surface area contributed by atoms with E-state index in [0.717, 1.165) is 25.9 Å². The highest BCUT2D eigenvalue weighted by Gasteiger charge is 2.26. The number of hydrogen-bond donors (Lipinski definition) is 1. The molecule has 0 saturated carbocycles. The summed E-state index contributed by atoms with van der Waals surface area (Å²) < 4.78 is 19.4. The molecule has 1 aliphatic rings. The summed E-state index contributed by atoms with van der Waals surface area (Å²) in [4.78, 5) is 0. The van der Waals surface area contributed by atoms with Crippen LogP contribution in [0.2, 0.25) is 10.0 Å². The van der Waals surface area contributed by atoms with Crippen molar-refractivity contribution in [3.63, 3.8) is 0 Å². The summed E-state index contributed by atoms with van der Waals surface area (Å²) in [6.45, 7) is 4.00. The molecule has 1 heterocycles. The Morgan fingerprint density at radius 1 is 1.50 bits per heavy atom. The van der Waals surface area contributed by atoms with Crippen molar-refractivity contribution >= 4 is 23.2 Å². The van der Waals surface area contributed by atoms with Gasteiger partial charge in [0.05, 0.1) is 5.02 Å². The SMILES string of the molecule is CC[C@H](Oc1ccc(Cl)c(F)c1Cl)C1CCNC1. The minimum Gasteiger partial charge on any atom is -0.488 e. The lowest BCUT2D eigenvalue weighted by molar-refractivity contribution is 0.138. The first kappa shape index (κ1) is 13.9. The van der Waals surface area contributed by atoms with Crippen molar-refractivity contribution in [3.05, 3.63) is 28.0 Å². The van der Waals surface area contributed by atoms with E-state index in [0.29, 0.717) is 11.7 Å². The third kappa shape index (κ3) is 2.90. The second-order valence-electron chi connectivity index (χ2n) is 4.49. The molecular formula is C13H16Cl2FNO. The molecule has 0 aromatic heterocycles. The molecule has 0 aliphatic carbocycles. The zero-order valence-corrected chi connectivity index (χ0v) is 11.7. The molecule has 18 heavy (non-hydrogen) atoms. The maximum atomic E-state index is 13.6. The van der Waals surface area contributed by atoms with Crippen LogP contribution >= 0.6 is 23.2 Å². The lowest BCUT2D eigenvalue weighted by atomic mass is 9.99. The lowest BCUT2D eigenvalue weighted by Gasteiger charge is -2.23. The third-order valence-corrected chi connectivity index (χ3v) is 3.95. The van der Waals surface area contributed by atoms with Gasteiger partial charge in [-0.2, -0.15) is 0 Å². The van der Waals surface area contributed by atoms with Gasteiger partial charge in [0.2, 0.25) is 0 Å². The van der Waals surface area contributed by atoms with E-state index in [4.69, 9.17) is 27.9 Å². The van der Waals surface area contributed by atoms with E-state index in [1.807, 2.05) is 0 Å². The van der Waals surface area contributed by atoms with Crippen molar-refractivity contribution in [2.75, 3.05) is 13.1 Å². The number of halogens is 3. The van der Waals surface area contributed by atoms with Gasteiger partial charge < -0.3 is 10.1 Å². The van der Waals surface area contributed by atoms with Crippen LogP contribution in [-0.2, 0) is 0 Å². The second kappa shape index (κ2) is 6.09. The van der Waals surface area contributed by atoms with E-state index in [9.17, 15) is 4.39 Å². The van der Waals surface area contributed by atoms with E-state index < -0.39 is 5.82 Å². The van der Waals surface area contributed by atoms with Gasteiger partial charge in [-0.1, -0.05) is 30.1 Å². The van der Waals surface area contributed by atoms with Gasteiger partial charge in [-0.25, -0.2) is 4.39 Å². The van der Waals surface area contributed by atoms with Crippen LogP contribution < -0.4 is 10.1 Å². The number of ether oxygens (including phenoxy) is 1. The molecule has 0 amide bonds. The highest BCUT2D eigenvalue weighted by molar-refractivity contribution is 6.35. The predicted molar refractivity (Wildman–Crippen MR) is 72.1 cm³/mol. The van der Waals surface area contributed by atoms with Gasteiger partial charge in [-0.3, -0.25) is 0 Å². The molecule has 0 spiro atoms. The Hall–Kier alpha value is -0.510. The predicted octanol–water partition coefficient (Wildman–Crippen LogP) is 3.90. The Balaban J connectivity index is 2.14. The van der Waals surface area contributed by atoms with Crippen molar-refractivity contribution in [2.45, 2.75) is 25.9 Å². The van der Waals surface area contributed by atoms with Crippen LogP contribution in [0.3, 0.4) is 0 Å². The van der Waals surface area contributed by atoms with Gasteiger partial charge in [-0.15, -0.1) is 0 Å². The average molecular weight is 292 g/mol. The second-order valence-corrected chi connectivity index (χ2v) is 5.28. The maximum Gasteiger partial charge on any atom is 0.164 e. The van der Waals surface area contributed by atoms with E-state index in [-0.39, 0.29) is 16.1 Å². The fourth-order valence-corrected chi connectivity index (χ4v) is 2.68. The third-order valence-electron chi connectivity index (χ3n) is 3.30. The summed E-state index contributed by atoms with van der Waals surface area (Å²) in [6, 6.07) is 3.09.